The molecule has 1 atom stereocenters. The number of hydrogen-bond donors (Lipinski definition) is 1. The van der Waals surface area contributed by atoms with E-state index in [2.05, 4.69) is 4.98 Å². The first-order valence-electron chi connectivity index (χ1n) is 11.7. The molecule has 2 aromatic carbocycles. The lowest BCUT2D eigenvalue weighted by atomic mass is 9.92. The molecule has 3 aromatic rings. The Labute approximate surface area is 218 Å². The van der Waals surface area contributed by atoms with Crippen LogP contribution >= 0.6 is 0 Å². The fourth-order valence-electron chi connectivity index (χ4n) is 4.00. The second kappa shape index (κ2) is 11.5. The van der Waals surface area contributed by atoms with E-state index in [-0.39, 0.29) is 46.4 Å². The van der Waals surface area contributed by atoms with Gasteiger partial charge in [-0.1, -0.05) is 38.1 Å². The van der Waals surface area contributed by atoms with Gasteiger partial charge in [0.05, 0.1) is 35.2 Å². The van der Waals surface area contributed by atoms with E-state index in [4.69, 9.17) is 14.2 Å². The van der Waals surface area contributed by atoms with Gasteiger partial charge in [0.1, 0.15) is 24.2 Å². The predicted octanol–water partition coefficient (Wildman–Crippen LogP) is 6.35. The number of para-hydroxylation sites is 1. The second-order valence-corrected chi connectivity index (χ2v) is 8.94. The van der Waals surface area contributed by atoms with Crippen molar-refractivity contribution in [2.45, 2.75) is 40.0 Å². The van der Waals surface area contributed by atoms with Gasteiger partial charge in [-0.15, -0.1) is 0 Å². The molecule has 0 aliphatic carbocycles. The number of esters is 1. The topological polar surface area (TPSA) is 95.0 Å². The Hall–Kier alpha value is -4.08. The third kappa shape index (κ3) is 6.24. The van der Waals surface area contributed by atoms with Crippen molar-refractivity contribution < 1.29 is 42.1 Å². The summed E-state index contributed by atoms with van der Waals surface area (Å²) in [7, 11) is 1.43. The molecule has 38 heavy (non-hydrogen) atoms. The van der Waals surface area contributed by atoms with E-state index in [1.807, 2.05) is 0 Å². The molecule has 7 nitrogen and oxygen atoms in total. The molecule has 1 aromatic heterocycles. The van der Waals surface area contributed by atoms with Crippen molar-refractivity contribution in [2.24, 2.45) is 5.92 Å². The van der Waals surface area contributed by atoms with Gasteiger partial charge < -0.3 is 19.3 Å². The van der Waals surface area contributed by atoms with Gasteiger partial charge in [-0.25, -0.2) is 9.59 Å². The molecule has 0 aliphatic heterocycles. The van der Waals surface area contributed by atoms with E-state index in [0.29, 0.717) is 11.3 Å². The normalized spacial score (nSPS) is 12.2. The van der Waals surface area contributed by atoms with Crippen molar-refractivity contribution in [3.8, 4) is 22.6 Å². The lowest BCUT2D eigenvalue weighted by molar-refractivity contribution is -0.137. The van der Waals surface area contributed by atoms with Gasteiger partial charge in [-0.3, -0.25) is 4.98 Å². The number of carbonyl (C=O) groups is 2. The first-order chi connectivity index (χ1) is 17.8. The van der Waals surface area contributed by atoms with Crippen LogP contribution in [0.25, 0.3) is 11.1 Å². The zero-order chi connectivity index (χ0) is 28.2. The summed E-state index contributed by atoms with van der Waals surface area (Å²) in [5, 5.41) is 9.97. The Kier molecular flexibility index (Phi) is 8.65. The van der Waals surface area contributed by atoms with Crippen molar-refractivity contribution in [3.63, 3.8) is 0 Å². The smallest absolute Gasteiger partial charge is 0.416 e. The van der Waals surface area contributed by atoms with Crippen molar-refractivity contribution in [3.05, 3.63) is 76.6 Å². The molecule has 1 heterocycles. The predicted molar refractivity (Wildman–Crippen MR) is 134 cm³/mol. The van der Waals surface area contributed by atoms with E-state index in [9.17, 15) is 27.9 Å². The quantitative estimate of drug-likeness (QED) is 0.322. The minimum absolute atomic E-state index is 0.0226. The summed E-state index contributed by atoms with van der Waals surface area (Å²) in [6, 6.07) is 11.1. The number of nitrogens with zero attached hydrogens (tertiary/aromatic N) is 1. The van der Waals surface area contributed by atoms with Gasteiger partial charge in [0.25, 0.3) is 0 Å². The highest BCUT2D eigenvalue weighted by atomic mass is 19.4. The van der Waals surface area contributed by atoms with Crippen molar-refractivity contribution in [1.29, 1.82) is 0 Å². The Balaban J connectivity index is 1.98. The Morgan fingerprint density at radius 2 is 1.66 bits per heavy atom. The van der Waals surface area contributed by atoms with Crippen LogP contribution in [0.15, 0.2) is 48.5 Å². The zero-order valence-corrected chi connectivity index (χ0v) is 21.6. The molecule has 0 saturated heterocycles. The fourth-order valence-corrected chi connectivity index (χ4v) is 4.00. The SMILES string of the molecule is COc1ccccc1-c1c(C(=O)O)c(C)nc(C)c1C(=O)OCC(Oc1cccc(C(F)(F)F)c1)C(C)C. The maximum atomic E-state index is 13.4. The molecular weight excluding hydrogens is 503 g/mol. The molecule has 0 saturated carbocycles. The molecule has 1 unspecified atom stereocenters. The van der Waals surface area contributed by atoms with Crippen molar-refractivity contribution in [1.82, 2.24) is 4.98 Å². The Bertz CT molecular complexity index is 1340. The number of aryl methyl sites for hydroxylation is 2. The monoisotopic (exact) mass is 531 g/mol. The molecular formula is C28H28F3NO6. The summed E-state index contributed by atoms with van der Waals surface area (Å²) in [4.78, 5) is 29.9. The van der Waals surface area contributed by atoms with Gasteiger partial charge in [0.15, 0.2) is 0 Å². The van der Waals surface area contributed by atoms with Crippen LogP contribution in [0, 0.1) is 19.8 Å². The molecule has 10 heteroatoms. The number of benzene rings is 2. The summed E-state index contributed by atoms with van der Waals surface area (Å²) < 4.78 is 56.1. The second-order valence-electron chi connectivity index (χ2n) is 8.94. The number of methoxy groups -OCH3 is 1. The van der Waals surface area contributed by atoms with Gasteiger partial charge in [-0.2, -0.15) is 13.2 Å². The van der Waals surface area contributed by atoms with E-state index < -0.39 is 29.8 Å². The number of hydrogen-bond acceptors (Lipinski definition) is 6. The summed E-state index contributed by atoms with van der Waals surface area (Å²) in [5.74, 6) is -2.04. The van der Waals surface area contributed by atoms with Gasteiger partial charge in [0, 0.05) is 11.1 Å². The van der Waals surface area contributed by atoms with Gasteiger partial charge in [0.2, 0.25) is 0 Å². The number of halogens is 3. The van der Waals surface area contributed by atoms with Crippen LogP contribution in [-0.2, 0) is 10.9 Å². The molecule has 202 valence electrons. The summed E-state index contributed by atoms with van der Waals surface area (Å²) in [5.41, 5.74) is -0.164. The number of aromatic carboxylic acids is 1. The maximum Gasteiger partial charge on any atom is 0.416 e. The van der Waals surface area contributed by atoms with E-state index in [1.165, 1.54) is 26.2 Å². The Morgan fingerprint density at radius 3 is 2.26 bits per heavy atom. The number of rotatable bonds is 9. The van der Waals surface area contributed by atoms with Crippen LogP contribution in [0.4, 0.5) is 13.2 Å². The Morgan fingerprint density at radius 1 is 1.00 bits per heavy atom. The maximum absolute atomic E-state index is 13.4. The average molecular weight is 532 g/mol. The highest BCUT2D eigenvalue weighted by Crippen LogP contribution is 2.37. The van der Waals surface area contributed by atoms with E-state index >= 15 is 0 Å². The molecule has 0 amide bonds. The largest absolute Gasteiger partial charge is 0.496 e. The minimum atomic E-state index is -4.54. The number of alkyl halides is 3. The fraction of sp³-hybridized carbons (Fsp3) is 0.321. The first-order valence-corrected chi connectivity index (χ1v) is 11.7. The highest BCUT2D eigenvalue weighted by molar-refractivity contribution is 6.07. The summed E-state index contributed by atoms with van der Waals surface area (Å²) in [6.45, 7) is 6.34. The summed E-state index contributed by atoms with van der Waals surface area (Å²) in [6.07, 6.45) is -5.32. The van der Waals surface area contributed by atoms with Crippen LogP contribution < -0.4 is 9.47 Å². The third-order valence-corrected chi connectivity index (χ3v) is 5.92. The number of carboxylic acid groups (broad SMARTS) is 1. The van der Waals surface area contributed by atoms with E-state index in [0.717, 1.165) is 12.1 Å². The lowest BCUT2D eigenvalue weighted by Crippen LogP contribution is -2.30. The molecule has 0 bridgehead atoms. The van der Waals surface area contributed by atoms with Crippen LogP contribution in [-0.4, -0.2) is 41.8 Å². The number of aromatic nitrogens is 1. The zero-order valence-electron chi connectivity index (χ0n) is 21.6. The molecule has 3 rings (SSSR count). The molecule has 0 radical (unpaired) electrons. The lowest BCUT2D eigenvalue weighted by Gasteiger charge is -2.24. The van der Waals surface area contributed by atoms with Gasteiger partial charge in [-0.05, 0) is 44.0 Å². The summed E-state index contributed by atoms with van der Waals surface area (Å²) >= 11 is 0. The molecule has 0 aliphatic rings. The van der Waals surface area contributed by atoms with Crippen LogP contribution in [0.2, 0.25) is 0 Å². The third-order valence-electron chi connectivity index (χ3n) is 5.92. The standard InChI is InChI=1S/C28H28F3NO6/c1-15(2)22(38-19-10-8-9-18(13-19)28(29,30)31)14-37-27(35)24-17(4)32-16(3)23(26(33)34)25(24)20-11-6-7-12-21(20)36-5/h6-13,15,22H,14H2,1-5H3,(H,33,34). The molecule has 1 N–H and O–H groups in total. The van der Waals surface area contributed by atoms with Crippen LogP contribution in [0.1, 0.15) is 51.5 Å². The number of carboxylic acids is 1. The molecule has 0 spiro atoms. The van der Waals surface area contributed by atoms with E-state index in [1.54, 1.807) is 45.0 Å². The number of pyridine rings is 1. The number of carbonyl (C=O) groups excluding carboxylic acids is 1. The van der Waals surface area contributed by atoms with Crippen LogP contribution in [0.3, 0.4) is 0 Å². The first kappa shape index (κ1) is 28.5. The van der Waals surface area contributed by atoms with Gasteiger partial charge >= 0.3 is 18.1 Å². The van der Waals surface area contributed by atoms with Crippen molar-refractivity contribution in [2.75, 3.05) is 13.7 Å². The highest BCUT2D eigenvalue weighted by Gasteiger charge is 2.32. The molecule has 0 fully saturated rings. The minimum Gasteiger partial charge on any atom is -0.496 e. The number of ether oxygens (including phenoxy) is 3. The average Bonchev–Trinajstić information content (AvgIpc) is 2.85. The van der Waals surface area contributed by atoms with Crippen LogP contribution in [0.5, 0.6) is 11.5 Å². The van der Waals surface area contributed by atoms with Crippen molar-refractivity contribution >= 4 is 11.9 Å².